The third-order valence-corrected chi connectivity index (χ3v) is 6.09. The van der Waals surface area contributed by atoms with Crippen LogP contribution in [0.15, 0.2) is 72.8 Å². The average molecular weight is 518 g/mol. The Bertz CT molecular complexity index is 1360. The number of methoxy groups -OCH3 is 3. The lowest BCUT2D eigenvalue weighted by molar-refractivity contribution is -0.124. The number of imide groups is 1. The van der Waals surface area contributed by atoms with Crippen LogP contribution in [0.4, 0.5) is 16.2 Å². The molecule has 0 saturated carbocycles. The number of urea groups is 1. The number of nitrogens with zero attached hydrogens (tertiary/aromatic N) is 2. The number of carbonyl (C=O) groups is 4. The Morgan fingerprint density at radius 1 is 0.868 bits per heavy atom. The van der Waals surface area contributed by atoms with Gasteiger partial charge in [-0.3, -0.25) is 9.59 Å². The van der Waals surface area contributed by atoms with E-state index in [0.29, 0.717) is 28.4 Å². The van der Waals surface area contributed by atoms with Crippen molar-refractivity contribution >= 4 is 35.2 Å². The minimum absolute atomic E-state index is 0.0913. The van der Waals surface area contributed by atoms with E-state index in [1.54, 1.807) is 61.7 Å². The Kier molecular flexibility index (Phi) is 7.91. The molecule has 0 spiro atoms. The fourth-order valence-electron chi connectivity index (χ4n) is 4.16. The van der Waals surface area contributed by atoms with Gasteiger partial charge in [0, 0.05) is 18.3 Å². The SMILES string of the molecule is COC(=O)c1ccc(NC(=O)CC2C(=O)N(c3cccc(OC)c3)C(=O)N2Cc2cccc(OC)c2)cc1. The number of anilines is 2. The molecule has 1 aliphatic heterocycles. The van der Waals surface area contributed by atoms with Crippen LogP contribution >= 0.6 is 0 Å². The summed E-state index contributed by atoms with van der Waals surface area (Å²) in [7, 11) is 4.32. The monoisotopic (exact) mass is 517 g/mol. The number of rotatable bonds is 9. The van der Waals surface area contributed by atoms with Gasteiger partial charge in [-0.25, -0.2) is 14.5 Å². The fourth-order valence-corrected chi connectivity index (χ4v) is 4.16. The number of amides is 4. The first-order valence-electron chi connectivity index (χ1n) is 11.7. The van der Waals surface area contributed by atoms with Crippen molar-refractivity contribution in [2.24, 2.45) is 0 Å². The van der Waals surface area contributed by atoms with Crippen molar-refractivity contribution in [3.63, 3.8) is 0 Å². The number of hydrogen-bond acceptors (Lipinski definition) is 7. The van der Waals surface area contributed by atoms with E-state index < -0.39 is 29.9 Å². The van der Waals surface area contributed by atoms with Gasteiger partial charge in [0.25, 0.3) is 5.91 Å². The van der Waals surface area contributed by atoms with Crippen molar-refractivity contribution < 1.29 is 33.4 Å². The van der Waals surface area contributed by atoms with Crippen molar-refractivity contribution in [3.8, 4) is 11.5 Å². The lowest BCUT2D eigenvalue weighted by Gasteiger charge is -2.22. The van der Waals surface area contributed by atoms with Gasteiger partial charge in [0.05, 0.1) is 39.0 Å². The van der Waals surface area contributed by atoms with Gasteiger partial charge in [0.1, 0.15) is 17.5 Å². The summed E-state index contributed by atoms with van der Waals surface area (Å²) in [6.07, 6.45) is -0.270. The molecule has 4 amide bonds. The van der Waals surface area contributed by atoms with Crippen LogP contribution in [0, 0.1) is 0 Å². The Balaban J connectivity index is 1.59. The van der Waals surface area contributed by atoms with Crippen LogP contribution in [-0.2, 0) is 20.9 Å². The fraction of sp³-hybridized carbons (Fsp3) is 0.214. The molecule has 4 rings (SSSR count). The van der Waals surface area contributed by atoms with E-state index in [0.717, 1.165) is 10.5 Å². The molecule has 196 valence electrons. The molecule has 1 heterocycles. The van der Waals surface area contributed by atoms with E-state index >= 15 is 0 Å². The van der Waals surface area contributed by atoms with E-state index in [2.05, 4.69) is 10.1 Å². The minimum Gasteiger partial charge on any atom is -0.497 e. The molecule has 0 radical (unpaired) electrons. The Hall–Kier alpha value is -4.86. The summed E-state index contributed by atoms with van der Waals surface area (Å²) in [5, 5.41) is 2.72. The highest BCUT2D eigenvalue weighted by molar-refractivity contribution is 6.22. The van der Waals surface area contributed by atoms with Crippen LogP contribution in [-0.4, -0.2) is 56.1 Å². The summed E-state index contributed by atoms with van der Waals surface area (Å²) < 4.78 is 15.2. The number of carbonyl (C=O) groups excluding carboxylic acids is 4. The molecule has 38 heavy (non-hydrogen) atoms. The van der Waals surface area contributed by atoms with E-state index in [9.17, 15) is 19.2 Å². The number of benzene rings is 3. The lowest BCUT2D eigenvalue weighted by atomic mass is 10.1. The smallest absolute Gasteiger partial charge is 0.337 e. The zero-order chi connectivity index (χ0) is 27.2. The van der Waals surface area contributed by atoms with Crippen molar-refractivity contribution in [1.29, 1.82) is 0 Å². The number of esters is 1. The Morgan fingerprint density at radius 3 is 2.18 bits per heavy atom. The van der Waals surface area contributed by atoms with Gasteiger partial charge in [0.2, 0.25) is 5.91 Å². The van der Waals surface area contributed by atoms with Crippen LogP contribution < -0.4 is 19.7 Å². The predicted molar refractivity (Wildman–Crippen MR) is 139 cm³/mol. The number of ether oxygens (including phenoxy) is 3. The second-order valence-electron chi connectivity index (χ2n) is 8.47. The molecular weight excluding hydrogens is 490 g/mol. The zero-order valence-electron chi connectivity index (χ0n) is 21.2. The molecule has 0 aliphatic carbocycles. The summed E-state index contributed by atoms with van der Waals surface area (Å²) in [6, 6.07) is 18.3. The second-order valence-corrected chi connectivity index (χ2v) is 8.47. The maximum absolute atomic E-state index is 13.5. The van der Waals surface area contributed by atoms with Gasteiger partial charge in [-0.2, -0.15) is 0 Å². The summed E-state index contributed by atoms with van der Waals surface area (Å²) in [5.74, 6) is -0.398. The minimum atomic E-state index is -1.05. The summed E-state index contributed by atoms with van der Waals surface area (Å²) >= 11 is 0. The molecule has 1 aliphatic rings. The van der Waals surface area contributed by atoms with E-state index in [4.69, 9.17) is 9.47 Å². The topological polar surface area (TPSA) is 114 Å². The van der Waals surface area contributed by atoms with Gasteiger partial charge in [-0.15, -0.1) is 0 Å². The lowest BCUT2D eigenvalue weighted by Crippen LogP contribution is -2.37. The number of hydrogen-bond donors (Lipinski definition) is 1. The van der Waals surface area contributed by atoms with Gasteiger partial charge in [-0.05, 0) is 54.1 Å². The molecule has 1 saturated heterocycles. The first-order chi connectivity index (χ1) is 18.3. The highest BCUT2D eigenvalue weighted by Gasteiger charge is 2.46. The Morgan fingerprint density at radius 2 is 1.53 bits per heavy atom. The van der Waals surface area contributed by atoms with Crippen LogP contribution in [0.2, 0.25) is 0 Å². The van der Waals surface area contributed by atoms with Gasteiger partial charge >= 0.3 is 12.0 Å². The standard InChI is InChI=1S/C28H27N3O7/c1-36-22-8-4-6-18(14-22)17-30-24(16-25(32)29-20-12-10-19(11-13-20)27(34)38-3)26(33)31(28(30)35)21-7-5-9-23(15-21)37-2/h4-15,24H,16-17H2,1-3H3,(H,29,32). The molecule has 1 unspecified atom stereocenters. The van der Waals surface area contributed by atoms with Crippen LogP contribution in [0.3, 0.4) is 0 Å². The molecule has 0 aromatic heterocycles. The molecule has 1 N–H and O–H groups in total. The highest BCUT2D eigenvalue weighted by Crippen LogP contribution is 2.31. The normalized spacial score (nSPS) is 14.9. The van der Waals surface area contributed by atoms with Crippen LogP contribution in [0.25, 0.3) is 0 Å². The van der Waals surface area contributed by atoms with Gasteiger partial charge < -0.3 is 24.4 Å². The van der Waals surface area contributed by atoms with Crippen molar-refractivity contribution in [2.45, 2.75) is 19.0 Å². The molecule has 10 nitrogen and oxygen atoms in total. The first kappa shape index (κ1) is 26.2. The first-order valence-corrected chi connectivity index (χ1v) is 11.7. The van der Waals surface area contributed by atoms with E-state index in [1.165, 1.54) is 31.3 Å². The average Bonchev–Trinajstić information content (AvgIpc) is 3.16. The van der Waals surface area contributed by atoms with Crippen molar-refractivity contribution in [2.75, 3.05) is 31.5 Å². The van der Waals surface area contributed by atoms with Crippen LogP contribution in [0.1, 0.15) is 22.3 Å². The second kappa shape index (κ2) is 11.5. The van der Waals surface area contributed by atoms with E-state index in [-0.39, 0.29) is 13.0 Å². The van der Waals surface area contributed by atoms with Crippen molar-refractivity contribution in [1.82, 2.24) is 4.90 Å². The quantitative estimate of drug-likeness (QED) is 0.339. The number of nitrogens with one attached hydrogen (secondary N) is 1. The maximum atomic E-state index is 13.5. The third kappa shape index (κ3) is 5.59. The molecule has 1 atom stereocenters. The predicted octanol–water partition coefficient (Wildman–Crippen LogP) is 3.86. The zero-order valence-corrected chi connectivity index (χ0v) is 21.2. The van der Waals surface area contributed by atoms with Gasteiger partial charge in [-0.1, -0.05) is 18.2 Å². The molecule has 0 bridgehead atoms. The van der Waals surface area contributed by atoms with Gasteiger partial charge in [0.15, 0.2) is 0 Å². The molecule has 10 heteroatoms. The molecule has 1 fully saturated rings. The largest absolute Gasteiger partial charge is 0.497 e. The molecule has 3 aromatic rings. The summed E-state index contributed by atoms with van der Waals surface area (Å²) in [4.78, 5) is 54.2. The maximum Gasteiger partial charge on any atom is 0.337 e. The highest BCUT2D eigenvalue weighted by atomic mass is 16.5. The van der Waals surface area contributed by atoms with E-state index in [1.807, 2.05) is 6.07 Å². The third-order valence-electron chi connectivity index (χ3n) is 6.09. The molecule has 3 aromatic carbocycles. The summed E-state index contributed by atoms with van der Waals surface area (Å²) in [5.41, 5.74) is 1.85. The Labute approximate surface area is 219 Å². The van der Waals surface area contributed by atoms with Crippen molar-refractivity contribution in [3.05, 3.63) is 83.9 Å². The van der Waals surface area contributed by atoms with Crippen LogP contribution in [0.5, 0.6) is 11.5 Å². The molecular formula is C28H27N3O7. The summed E-state index contributed by atoms with van der Waals surface area (Å²) in [6.45, 7) is 0.0913.